The van der Waals surface area contributed by atoms with Gasteiger partial charge in [0.05, 0.1) is 0 Å². The van der Waals surface area contributed by atoms with Crippen molar-refractivity contribution in [1.82, 2.24) is 9.88 Å². The molecule has 1 amide bonds. The number of piperidine rings is 1. The number of aromatic nitrogens is 1. The Kier molecular flexibility index (Phi) is 4.54. The molecule has 3 aliphatic heterocycles. The van der Waals surface area contributed by atoms with Crippen LogP contribution in [0.15, 0.2) is 12.3 Å². The molecule has 6 heteroatoms. The topological polar surface area (TPSA) is 57.7 Å². The molecular formula is C19H28N4O2. The lowest BCUT2D eigenvalue weighted by atomic mass is 9.91. The second kappa shape index (κ2) is 6.83. The molecule has 1 N–H and O–H groups in total. The third-order valence-corrected chi connectivity index (χ3v) is 6.01. The van der Waals surface area contributed by atoms with Gasteiger partial charge in [-0.05, 0) is 37.7 Å². The summed E-state index contributed by atoms with van der Waals surface area (Å²) in [6.07, 6.45) is 5.59. The van der Waals surface area contributed by atoms with E-state index in [0.29, 0.717) is 12.0 Å². The number of rotatable bonds is 3. The lowest BCUT2D eigenvalue weighted by Crippen LogP contribution is -2.54. The lowest BCUT2D eigenvalue weighted by Gasteiger charge is -2.43. The van der Waals surface area contributed by atoms with Crippen molar-refractivity contribution < 1.29 is 9.53 Å². The maximum absolute atomic E-state index is 12.8. The first kappa shape index (κ1) is 16.6. The van der Waals surface area contributed by atoms with Gasteiger partial charge in [-0.1, -0.05) is 6.92 Å². The highest BCUT2D eigenvalue weighted by atomic mass is 16.5. The van der Waals surface area contributed by atoms with Gasteiger partial charge in [0.25, 0.3) is 5.91 Å². The predicted molar refractivity (Wildman–Crippen MR) is 98.0 cm³/mol. The number of likely N-dealkylation sites (N-methyl/N-ethyl adjacent to an activating group) is 1. The second-order valence-electron chi connectivity index (χ2n) is 7.56. The quantitative estimate of drug-likeness (QED) is 0.908. The van der Waals surface area contributed by atoms with Crippen LogP contribution >= 0.6 is 0 Å². The fourth-order valence-electron chi connectivity index (χ4n) is 4.43. The molecule has 2 fully saturated rings. The van der Waals surface area contributed by atoms with E-state index in [2.05, 4.69) is 35.2 Å². The minimum absolute atomic E-state index is 0.185. The minimum atomic E-state index is -0.214. The van der Waals surface area contributed by atoms with Crippen LogP contribution in [0.3, 0.4) is 0 Å². The summed E-state index contributed by atoms with van der Waals surface area (Å²) in [7, 11) is 2.16. The van der Waals surface area contributed by atoms with Gasteiger partial charge in [-0.3, -0.25) is 4.79 Å². The second-order valence-corrected chi connectivity index (χ2v) is 7.56. The first-order chi connectivity index (χ1) is 12.1. The van der Waals surface area contributed by atoms with Crippen molar-refractivity contribution in [2.45, 2.75) is 44.8 Å². The fraction of sp³-hybridized carbons (Fsp3) is 0.684. The van der Waals surface area contributed by atoms with Crippen LogP contribution in [0.4, 0.5) is 11.5 Å². The Labute approximate surface area is 149 Å². The molecule has 0 bridgehead atoms. The highest BCUT2D eigenvalue weighted by Gasteiger charge is 2.36. The van der Waals surface area contributed by atoms with Gasteiger partial charge in [-0.25, -0.2) is 4.98 Å². The number of pyridine rings is 1. The summed E-state index contributed by atoms with van der Waals surface area (Å²) in [5.74, 6) is 1.75. The molecule has 3 aliphatic rings. The molecule has 6 nitrogen and oxygen atoms in total. The smallest absolute Gasteiger partial charge is 0.251 e. The third-order valence-electron chi connectivity index (χ3n) is 6.01. The fourth-order valence-corrected chi connectivity index (χ4v) is 4.43. The third kappa shape index (κ3) is 3.08. The molecule has 25 heavy (non-hydrogen) atoms. The molecule has 1 aromatic rings. The Hall–Kier alpha value is -1.82. The van der Waals surface area contributed by atoms with Crippen molar-refractivity contribution >= 4 is 17.4 Å². The number of amides is 1. The van der Waals surface area contributed by atoms with Gasteiger partial charge < -0.3 is 19.9 Å². The molecule has 4 heterocycles. The van der Waals surface area contributed by atoms with Gasteiger partial charge in [0.15, 0.2) is 0 Å². The Morgan fingerprint density at radius 2 is 2.32 bits per heavy atom. The summed E-state index contributed by atoms with van der Waals surface area (Å²) in [5.41, 5.74) is 2.55. The van der Waals surface area contributed by atoms with Crippen LogP contribution < -0.4 is 10.2 Å². The van der Waals surface area contributed by atoms with Gasteiger partial charge in [0, 0.05) is 56.8 Å². The average Bonchev–Trinajstić information content (AvgIpc) is 3.32. The van der Waals surface area contributed by atoms with Crippen molar-refractivity contribution in [1.29, 1.82) is 0 Å². The van der Waals surface area contributed by atoms with Gasteiger partial charge >= 0.3 is 0 Å². The lowest BCUT2D eigenvalue weighted by molar-refractivity contribution is -0.142. The molecule has 4 rings (SSSR count). The largest absolute Gasteiger partial charge is 0.369 e. The molecule has 1 aromatic heterocycles. The standard InChI is InChI=1S/C19H28N4O2/c1-13-7-10-23(19(24)17-4-3-11-25-17)12-16(13)22(2)15-6-9-21-18-14(15)5-8-20-18/h6,9,13,16-17H,3-5,7-8,10-12H2,1-2H3,(H,20,21)/t13-,16?,17?/m1/s1. The number of ether oxygens (including phenoxy) is 1. The number of hydrogen-bond acceptors (Lipinski definition) is 5. The first-order valence-electron chi connectivity index (χ1n) is 9.50. The number of carbonyl (C=O) groups is 1. The Morgan fingerprint density at radius 3 is 3.12 bits per heavy atom. The van der Waals surface area contributed by atoms with Crippen molar-refractivity contribution in [2.75, 3.05) is 43.5 Å². The summed E-state index contributed by atoms with van der Waals surface area (Å²) in [6, 6.07) is 2.44. The summed E-state index contributed by atoms with van der Waals surface area (Å²) in [4.78, 5) is 21.6. The number of hydrogen-bond donors (Lipinski definition) is 1. The number of carbonyl (C=O) groups excluding carboxylic acids is 1. The van der Waals surface area contributed by atoms with E-state index in [1.807, 2.05) is 11.1 Å². The number of likely N-dealkylation sites (tertiary alicyclic amines) is 1. The first-order valence-corrected chi connectivity index (χ1v) is 9.50. The van der Waals surface area contributed by atoms with E-state index in [1.165, 1.54) is 11.3 Å². The van der Waals surface area contributed by atoms with Crippen LogP contribution in [0.1, 0.15) is 31.7 Å². The van der Waals surface area contributed by atoms with Crippen molar-refractivity contribution in [3.63, 3.8) is 0 Å². The number of nitrogens with one attached hydrogen (secondary N) is 1. The zero-order chi connectivity index (χ0) is 17.4. The molecule has 0 spiro atoms. The highest BCUT2D eigenvalue weighted by Crippen LogP contribution is 2.33. The van der Waals surface area contributed by atoms with Crippen molar-refractivity contribution in [2.24, 2.45) is 5.92 Å². The molecular weight excluding hydrogens is 316 g/mol. The van der Waals surface area contributed by atoms with E-state index in [0.717, 1.165) is 57.7 Å². The molecule has 2 saturated heterocycles. The molecule has 0 radical (unpaired) electrons. The van der Waals surface area contributed by atoms with Crippen LogP contribution in [-0.4, -0.2) is 61.2 Å². The van der Waals surface area contributed by atoms with Crippen LogP contribution in [0.5, 0.6) is 0 Å². The van der Waals surface area contributed by atoms with E-state index in [9.17, 15) is 4.79 Å². The number of anilines is 2. The highest BCUT2D eigenvalue weighted by molar-refractivity contribution is 5.81. The molecule has 0 saturated carbocycles. The Bertz CT molecular complexity index is 644. The van der Waals surface area contributed by atoms with E-state index in [1.54, 1.807) is 0 Å². The van der Waals surface area contributed by atoms with Gasteiger partial charge in [0.1, 0.15) is 11.9 Å². The van der Waals surface area contributed by atoms with Gasteiger partial charge in [0.2, 0.25) is 0 Å². The minimum Gasteiger partial charge on any atom is -0.369 e. The predicted octanol–water partition coefficient (Wildman–Crippen LogP) is 1.90. The number of fused-ring (bicyclic) bond motifs is 1. The van der Waals surface area contributed by atoms with E-state index in [4.69, 9.17) is 4.74 Å². The van der Waals surface area contributed by atoms with Crippen molar-refractivity contribution in [3.8, 4) is 0 Å². The zero-order valence-electron chi connectivity index (χ0n) is 15.2. The van der Waals surface area contributed by atoms with Crippen molar-refractivity contribution in [3.05, 3.63) is 17.8 Å². The molecule has 3 atom stereocenters. The molecule has 0 aromatic carbocycles. The Morgan fingerprint density at radius 1 is 1.44 bits per heavy atom. The van der Waals surface area contributed by atoms with Gasteiger partial charge in [-0.15, -0.1) is 0 Å². The Balaban J connectivity index is 1.52. The number of nitrogens with zero attached hydrogens (tertiary/aromatic N) is 3. The van der Waals surface area contributed by atoms with Crippen LogP contribution in [0.25, 0.3) is 0 Å². The normalized spacial score (nSPS) is 28.6. The van der Waals surface area contributed by atoms with Crippen LogP contribution in [0, 0.1) is 5.92 Å². The molecule has 0 aliphatic carbocycles. The van der Waals surface area contributed by atoms with E-state index >= 15 is 0 Å². The molecule has 136 valence electrons. The summed E-state index contributed by atoms with van der Waals surface area (Å²) >= 11 is 0. The summed E-state index contributed by atoms with van der Waals surface area (Å²) in [6.45, 7) is 5.60. The molecule has 2 unspecified atom stereocenters. The summed E-state index contributed by atoms with van der Waals surface area (Å²) in [5, 5.41) is 3.35. The van der Waals surface area contributed by atoms with E-state index in [-0.39, 0.29) is 12.0 Å². The monoisotopic (exact) mass is 344 g/mol. The van der Waals surface area contributed by atoms with Crippen LogP contribution in [-0.2, 0) is 16.0 Å². The SMILES string of the molecule is C[C@@H]1CCN(C(=O)C2CCCO2)CC1N(C)c1ccnc2c1CCN2. The summed E-state index contributed by atoms with van der Waals surface area (Å²) < 4.78 is 5.61. The maximum atomic E-state index is 12.8. The van der Waals surface area contributed by atoms with Gasteiger partial charge in [-0.2, -0.15) is 0 Å². The van der Waals surface area contributed by atoms with E-state index < -0.39 is 0 Å². The maximum Gasteiger partial charge on any atom is 0.251 e. The zero-order valence-corrected chi connectivity index (χ0v) is 15.2. The average molecular weight is 344 g/mol. The van der Waals surface area contributed by atoms with Crippen LogP contribution in [0.2, 0.25) is 0 Å².